The van der Waals surface area contributed by atoms with Crippen LogP contribution in [-0.4, -0.2) is 24.8 Å². The van der Waals surface area contributed by atoms with E-state index in [0.717, 1.165) is 19.4 Å². The normalized spacial score (nSPS) is 36.4. The summed E-state index contributed by atoms with van der Waals surface area (Å²) >= 11 is 0. The number of rotatable bonds is 4. The zero-order chi connectivity index (χ0) is 9.10. The number of nitrogens with one attached hydrogen (secondary N) is 1. The van der Waals surface area contributed by atoms with Gasteiger partial charge in [-0.3, -0.25) is 0 Å². The van der Waals surface area contributed by atoms with Crippen LogP contribution in [0, 0.1) is 12.3 Å². The first kappa shape index (κ1) is 9.05. The molecule has 2 aliphatic heterocycles. The van der Waals surface area contributed by atoms with Crippen molar-refractivity contribution in [2.75, 3.05) is 6.54 Å². The van der Waals surface area contributed by atoms with Crippen LogP contribution in [-0.2, 0) is 4.74 Å². The molecule has 0 amide bonds. The highest BCUT2D eigenvalue weighted by Crippen LogP contribution is 2.34. The molecule has 0 radical (unpaired) electrons. The Labute approximate surface area is 80.0 Å². The van der Waals surface area contributed by atoms with E-state index >= 15 is 0 Å². The fourth-order valence-electron chi connectivity index (χ4n) is 2.33. The summed E-state index contributed by atoms with van der Waals surface area (Å²) in [5, 5.41) is 3.53. The van der Waals surface area contributed by atoms with Gasteiger partial charge in [-0.15, -0.1) is 12.3 Å². The number of unbranched alkanes of at least 4 members (excludes halogenated alkanes) is 1. The molecule has 2 heteroatoms. The van der Waals surface area contributed by atoms with Crippen molar-refractivity contribution < 1.29 is 4.74 Å². The first-order chi connectivity index (χ1) is 6.40. The Morgan fingerprint density at radius 2 is 2.38 bits per heavy atom. The van der Waals surface area contributed by atoms with Crippen LogP contribution in [0.15, 0.2) is 0 Å². The number of terminal acetylenes is 1. The van der Waals surface area contributed by atoms with Gasteiger partial charge in [0.25, 0.3) is 0 Å². The van der Waals surface area contributed by atoms with Gasteiger partial charge in [0.1, 0.15) is 0 Å². The standard InChI is InChI=1S/C11H17NO/c1-2-3-4-7-12-10-8-9-5-6-11(10)13-9/h1,9-12H,3-8H2. The maximum absolute atomic E-state index is 5.74. The van der Waals surface area contributed by atoms with E-state index in [1.54, 1.807) is 0 Å². The first-order valence-corrected chi connectivity index (χ1v) is 5.22. The number of ether oxygens (including phenoxy) is 1. The van der Waals surface area contributed by atoms with Crippen molar-refractivity contribution in [1.29, 1.82) is 0 Å². The average molecular weight is 179 g/mol. The number of fused-ring (bicyclic) bond motifs is 2. The molecule has 0 spiro atoms. The summed E-state index contributed by atoms with van der Waals surface area (Å²) in [7, 11) is 0. The van der Waals surface area contributed by atoms with E-state index in [-0.39, 0.29) is 0 Å². The molecule has 0 aliphatic carbocycles. The fourth-order valence-corrected chi connectivity index (χ4v) is 2.33. The van der Waals surface area contributed by atoms with Crippen molar-refractivity contribution >= 4 is 0 Å². The second-order valence-corrected chi connectivity index (χ2v) is 3.98. The third-order valence-electron chi connectivity index (χ3n) is 3.01. The molecular formula is C11H17NO. The molecule has 2 rings (SSSR count). The minimum atomic E-state index is 0.496. The van der Waals surface area contributed by atoms with E-state index in [1.165, 1.54) is 19.3 Å². The summed E-state index contributed by atoms with van der Waals surface area (Å²) in [6.07, 6.45) is 11.9. The van der Waals surface area contributed by atoms with E-state index in [2.05, 4.69) is 11.2 Å². The Balaban J connectivity index is 1.64. The Hall–Kier alpha value is -0.520. The average Bonchev–Trinajstić information content (AvgIpc) is 2.73. The van der Waals surface area contributed by atoms with E-state index < -0.39 is 0 Å². The van der Waals surface area contributed by atoms with Crippen LogP contribution in [0.25, 0.3) is 0 Å². The Kier molecular flexibility index (Phi) is 2.87. The Bertz CT molecular complexity index is 209. The van der Waals surface area contributed by atoms with Crippen molar-refractivity contribution in [2.24, 2.45) is 0 Å². The first-order valence-electron chi connectivity index (χ1n) is 5.22. The highest BCUT2D eigenvalue weighted by Gasteiger charge is 2.40. The Morgan fingerprint density at radius 1 is 1.46 bits per heavy atom. The Morgan fingerprint density at radius 3 is 3.00 bits per heavy atom. The van der Waals surface area contributed by atoms with Gasteiger partial charge >= 0.3 is 0 Å². The lowest BCUT2D eigenvalue weighted by molar-refractivity contribution is 0.0974. The molecule has 0 saturated carbocycles. The highest BCUT2D eigenvalue weighted by atomic mass is 16.5. The minimum Gasteiger partial charge on any atom is -0.373 e. The lowest BCUT2D eigenvalue weighted by Crippen LogP contribution is -2.37. The van der Waals surface area contributed by atoms with Crippen molar-refractivity contribution in [3.05, 3.63) is 0 Å². The molecule has 13 heavy (non-hydrogen) atoms. The van der Waals surface area contributed by atoms with Gasteiger partial charge < -0.3 is 10.1 Å². The van der Waals surface area contributed by atoms with Gasteiger partial charge in [0.2, 0.25) is 0 Å². The summed E-state index contributed by atoms with van der Waals surface area (Å²) in [5.74, 6) is 2.66. The summed E-state index contributed by atoms with van der Waals surface area (Å²) in [6, 6.07) is 0.608. The number of hydrogen-bond acceptors (Lipinski definition) is 2. The van der Waals surface area contributed by atoms with Crippen LogP contribution in [0.4, 0.5) is 0 Å². The van der Waals surface area contributed by atoms with E-state index in [4.69, 9.17) is 11.2 Å². The van der Waals surface area contributed by atoms with Crippen LogP contribution < -0.4 is 5.32 Å². The van der Waals surface area contributed by atoms with Gasteiger partial charge in [0, 0.05) is 12.5 Å². The highest BCUT2D eigenvalue weighted by molar-refractivity contribution is 4.94. The molecule has 0 aromatic carbocycles. The van der Waals surface area contributed by atoms with Gasteiger partial charge in [-0.25, -0.2) is 0 Å². The van der Waals surface area contributed by atoms with Gasteiger partial charge in [-0.1, -0.05) is 0 Å². The largest absolute Gasteiger partial charge is 0.373 e. The maximum Gasteiger partial charge on any atom is 0.0733 e. The molecule has 0 aromatic heterocycles. The van der Waals surface area contributed by atoms with Gasteiger partial charge in [0.05, 0.1) is 12.2 Å². The minimum absolute atomic E-state index is 0.496. The summed E-state index contributed by atoms with van der Waals surface area (Å²) in [4.78, 5) is 0. The van der Waals surface area contributed by atoms with Crippen LogP contribution >= 0.6 is 0 Å². The van der Waals surface area contributed by atoms with E-state index in [9.17, 15) is 0 Å². The van der Waals surface area contributed by atoms with Gasteiger partial charge in [0.15, 0.2) is 0 Å². The molecule has 1 N–H and O–H groups in total. The quantitative estimate of drug-likeness (QED) is 0.519. The molecule has 72 valence electrons. The molecule has 2 heterocycles. The van der Waals surface area contributed by atoms with Crippen LogP contribution in [0.5, 0.6) is 0 Å². The van der Waals surface area contributed by atoms with Crippen molar-refractivity contribution in [3.8, 4) is 12.3 Å². The molecule has 3 unspecified atom stereocenters. The second-order valence-electron chi connectivity index (χ2n) is 3.98. The van der Waals surface area contributed by atoms with E-state index in [1.807, 2.05) is 0 Å². The van der Waals surface area contributed by atoms with Crippen molar-refractivity contribution in [3.63, 3.8) is 0 Å². The summed E-state index contributed by atoms with van der Waals surface area (Å²) < 4.78 is 5.74. The molecule has 3 atom stereocenters. The fraction of sp³-hybridized carbons (Fsp3) is 0.818. The molecular weight excluding hydrogens is 162 g/mol. The van der Waals surface area contributed by atoms with Crippen LogP contribution in [0.2, 0.25) is 0 Å². The van der Waals surface area contributed by atoms with E-state index in [0.29, 0.717) is 18.2 Å². The molecule has 2 saturated heterocycles. The second kappa shape index (κ2) is 4.13. The summed E-state index contributed by atoms with van der Waals surface area (Å²) in [5.41, 5.74) is 0. The molecule has 2 bridgehead atoms. The van der Waals surface area contributed by atoms with Crippen molar-refractivity contribution in [1.82, 2.24) is 5.32 Å². The lowest BCUT2D eigenvalue weighted by Gasteiger charge is -2.19. The molecule has 2 fully saturated rings. The lowest BCUT2D eigenvalue weighted by atomic mass is 9.95. The zero-order valence-electron chi connectivity index (χ0n) is 7.96. The van der Waals surface area contributed by atoms with Crippen LogP contribution in [0.1, 0.15) is 32.1 Å². The predicted octanol–water partition coefficient (Wildman–Crippen LogP) is 1.31. The summed E-state index contributed by atoms with van der Waals surface area (Å²) in [6.45, 7) is 1.04. The van der Waals surface area contributed by atoms with Crippen molar-refractivity contribution in [2.45, 2.75) is 50.4 Å². The zero-order valence-corrected chi connectivity index (χ0v) is 7.96. The maximum atomic E-state index is 5.74. The molecule has 2 nitrogen and oxygen atoms in total. The monoisotopic (exact) mass is 179 g/mol. The predicted molar refractivity (Wildman–Crippen MR) is 52.4 cm³/mol. The van der Waals surface area contributed by atoms with Gasteiger partial charge in [-0.2, -0.15) is 0 Å². The molecule has 0 aromatic rings. The third kappa shape index (κ3) is 2.04. The van der Waals surface area contributed by atoms with Crippen LogP contribution in [0.3, 0.4) is 0 Å². The SMILES string of the molecule is C#CCCCNC1CC2CCC1O2. The topological polar surface area (TPSA) is 21.3 Å². The van der Waals surface area contributed by atoms with Gasteiger partial charge in [-0.05, 0) is 32.2 Å². The number of hydrogen-bond donors (Lipinski definition) is 1. The smallest absolute Gasteiger partial charge is 0.0733 e. The molecule has 2 aliphatic rings. The third-order valence-corrected chi connectivity index (χ3v) is 3.01.